The molecule has 0 aromatic heterocycles. The van der Waals surface area contributed by atoms with Crippen molar-refractivity contribution < 1.29 is 5.21 Å². The summed E-state index contributed by atoms with van der Waals surface area (Å²) in [6.45, 7) is 0. The molecule has 0 aromatic rings. The molecule has 0 rings (SSSR count). The summed E-state index contributed by atoms with van der Waals surface area (Å²) < 4.78 is 0. The Balaban J connectivity index is 2.62. The molecule has 3 heteroatoms. The highest BCUT2D eigenvalue weighted by atomic mass is 16.4. The van der Waals surface area contributed by atoms with Crippen LogP contribution in [0.2, 0.25) is 0 Å². The Morgan fingerprint density at radius 3 is 2.60 bits per heavy atom. The van der Waals surface area contributed by atoms with Gasteiger partial charge in [0.25, 0.3) is 0 Å². The third-order valence-electron chi connectivity index (χ3n) is 0.162. The van der Waals surface area contributed by atoms with Crippen LogP contribution in [0.1, 0.15) is 0 Å². The summed E-state index contributed by atoms with van der Waals surface area (Å²) in [7, 11) is 1.60. The highest BCUT2D eigenvalue weighted by molar-refractivity contribution is 5.52. The van der Waals surface area contributed by atoms with E-state index in [1.54, 1.807) is 7.05 Å². The van der Waals surface area contributed by atoms with E-state index in [0.29, 0.717) is 0 Å². The molecule has 0 aliphatic rings. The van der Waals surface area contributed by atoms with Crippen molar-refractivity contribution in [1.82, 2.24) is 5.32 Å². The Hall–Kier alpha value is -0.730. The molecular weight excluding hydrogens is 68.0 g/mol. The lowest BCUT2D eigenvalue weighted by Gasteiger charge is -1.70. The molecule has 0 spiro atoms. The van der Waals surface area contributed by atoms with Gasteiger partial charge in [0.05, 0.1) is 0 Å². The van der Waals surface area contributed by atoms with Crippen LogP contribution >= 0.6 is 0 Å². The van der Waals surface area contributed by atoms with Crippen LogP contribution < -0.4 is 5.32 Å². The Kier molecular flexibility index (Phi) is 2.79. The maximum atomic E-state index is 7.52. The van der Waals surface area contributed by atoms with Gasteiger partial charge in [0, 0.05) is 7.05 Å². The molecule has 0 heterocycles. The highest BCUT2D eigenvalue weighted by Crippen LogP contribution is 1.35. The lowest BCUT2D eigenvalue weighted by atomic mass is 11.2. The Labute approximate surface area is 30.3 Å². The van der Waals surface area contributed by atoms with Gasteiger partial charge < -0.3 is 10.5 Å². The van der Waals surface area contributed by atoms with Gasteiger partial charge in [-0.1, -0.05) is 5.16 Å². The van der Waals surface area contributed by atoms with Gasteiger partial charge in [-0.25, -0.2) is 0 Å². The van der Waals surface area contributed by atoms with E-state index in [9.17, 15) is 0 Å². The molecule has 29 valence electrons. The van der Waals surface area contributed by atoms with Crippen molar-refractivity contribution in [2.75, 3.05) is 7.05 Å². The van der Waals surface area contributed by atoms with Gasteiger partial charge >= 0.3 is 0 Å². The first-order valence-corrected chi connectivity index (χ1v) is 1.17. The van der Waals surface area contributed by atoms with Crippen LogP contribution in [0.3, 0.4) is 0 Å². The van der Waals surface area contributed by atoms with E-state index in [0.717, 1.165) is 0 Å². The van der Waals surface area contributed by atoms with E-state index in [4.69, 9.17) is 5.21 Å². The molecule has 0 aliphatic heterocycles. The zero-order chi connectivity index (χ0) is 4.12. The van der Waals surface area contributed by atoms with Gasteiger partial charge in [-0.3, -0.25) is 0 Å². The van der Waals surface area contributed by atoms with Crippen molar-refractivity contribution in [3.63, 3.8) is 0 Å². The first kappa shape index (κ1) is 4.27. The zero-order valence-electron chi connectivity index (χ0n) is 2.89. The fourth-order valence-electron chi connectivity index (χ4n) is 0.0500. The minimum absolute atomic E-state index is 1.60. The monoisotopic (exact) mass is 73.0 g/mol. The average Bonchev–Trinajstić information content (AvgIpc) is 1.41. The largest absolute Gasteiger partial charge is 0.409 e. The molecule has 0 aliphatic carbocycles. The minimum Gasteiger partial charge on any atom is -0.409 e. The number of hydrogen-bond donors (Lipinski definition) is 2. The molecule has 1 radical (unpaired) electrons. The van der Waals surface area contributed by atoms with Crippen LogP contribution in [0.15, 0.2) is 5.16 Å². The zero-order valence-corrected chi connectivity index (χ0v) is 2.89. The third-order valence-corrected chi connectivity index (χ3v) is 0.162. The predicted molar refractivity (Wildman–Crippen MR) is 18.3 cm³/mol. The summed E-state index contributed by atoms with van der Waals surface area (Å²) in [5, 5.41) is 12.4. The van der Waals surface area contributed by atoms with E-state index >= 15 is 0 Å². The predicted octanol–water partition coefficient (Wildman–Crippen LogP) is -0.500. The number of nitrogens with zero attached hydrogens (tertiary/aromatic N) is 1. The Morgan fingerprint density at radius 2 is 2.60 bits per heavy atom. The van der Waals surface area contributed by atoms with Crippen molar-refractivity contribution in [2.24, 2.45) is 5.16 Å². The smallest absolute Gasteiger partial charge is 0.211 e. The topological polar surface area (TPSA) is 44.6 Å². The van der Waals surface area contributed by atoms with Crippen molar-refractivity contribution in [3.8, 4) is 0 Å². The second-order valence-electron chi connectivity index (χ2n) is 0.462. The van der Waals surface area contributed by atoms with E-state index in [1.165, 1.54) is 0 Å². The van der Waals surface area contributed by atoms with E-state index in [2.05, 4.69) is 10.5 Å². The van der Waals surface area contributed by atoms with E-state index in [-0.39, 0.29) is 0 Å². The number of hydrogen-bond acceptors (Lipinski definition) is 2. The highest BCUT2D eigenvalue weighted by Gasteiger charge is 1.51. The summed E-state index contributed by atoms with van der Waals surface area (Å²) in [6, 6.07) is 0. The number of nitrogens with one attached hydrogen (secondary N) is 1. The first-order valence-electron chi connectivity index (χ1n) is 1.17. The van der Waals surface area contributed by atoms with Gasteiger partial charge in [0.2, 0.25) is 6.34 Å². The second-order valence-corrected chi connectivity index (χ2v) is 0.462. The molecule has 0 saturated carbocycles. The van der Waals surface area contributed by atoms with Crippen molar-refractivity contribution in [3.05, 3.63) is 0 Å². The standard InChI is InChI=1S/C2H5N2O/c1-3-2-4-5/h5H,1H3,(H,3,4). The van der Waals surface area contributed by atoms with Crippen LogP contribution in [0, 0.1) is 0 Å². The molecule has 0 atom stereocenters. The maximum Gasteiger partial charge on any atom is 0.211 e. The quantitative estimate of drug-likeness (QED) is 0.144. The van der Waals surface area contributed by atoms with Gasteiger partial charge in [-0.05, 0) is 0 Å². The molecule has 0 bridgehead atoms. The molecule has 2 N–H and O–H groups in total. The number of rotatable bonds is 1. The fourth-order valence-corrected chi connectivity index (χ4v) is 0.0500. The van der Waals surface area contributed by atoms with E-state index in [1.807, 2.05) is 6.34 Å². The molecule has 0 unspecified atom stereocenters. The van der Waals surface area contributed by atoms with Gasteiger partial charge in [0.1, 0.15) is 0 Å². The summed E-state index contributed by atoms with van der Waals surface area (Å²) in [5.74, 6) is 0. The molecule has 3 nitrogen and oxygen atoms in total. The van der Waals surface area contributed by atoms with E-state index < -0.39 is 0 Å². The minimum atomic E-state index is 1.60. The summed E-state index contributed by atoms with van der Waals surface area (Å²) in [6.07, 6.45) is 2.04. The summed E-state index contributed by atoms with van der Waals surface area (Å²) >= 11 is 0. The summed E-state index contributed by atoms with van der Waals surface area (Å²) in [4.78, 5) is 0. The maximum absolute atomic E-state index is 7.52. The molecular formula is C2H5N2O. The van der Waals surface area contributed by atoms with Crippen molar-refractivity contribution in [2.45, 2.75) is 0 Å². The van der Waals surface area contributed by atoms with Gasteiger partial charge in [-0.15, -0.1) is 0 Å². The Morgan fingerprint density at radius 1 is 2.00 bits per heavy atom. The third kappa shape index (κ3) is 3.27. The molecule has 5 heavy (non-hydrogen) atoms. The van der Waals surface area contributed by atoms with Crippen molar-refractivity contribution >= 4 is 6.34 Å². The molecule has 0 aromatic carbocycles. The van der Waals surface area contributed by atoms with Crippen LogP contribution in [-0.4, -0.2) is 18.6 Å². The van der Waals surface area contributed by atoms with Gasteiger partial charge in [-0.2, -0.15) is 0 Å². The normalized spacial score (nSPS) is 9.00. The molecule has 0 fully saturated rings. The Bertz CT molecular complexity index is 34.6. The first-order chi connectivity index (χ1) is 2.41. The molecule has 0 saturated heterocycles. The van der Waals surface area contributed by atoms with Crippen LogP contribution in [0.4, 0.5) is 0 Å². The van der Waals surface area contributed by atoms with Crippen LogP contribution in [0.5, 0.6) is 0 Å². The lowest BCUT2D eigenvalue weighted by molar-refractivity contribution is 0.320. The van der Waals surface area contributed by atoms with Crippen LogP contribution in [0.25, 0.3) is 0 Å². The average molecular weight is 73.1 g/mol. The lowest BCUT2D eigenvalue weighted by Crippen LogP contribution is -1.99. The fraction of sp³-hybridized carbons (Fsp3) is 0.500. The SMILES string of the molecule is CN[C]=NO. The van der Waals surface area contributed by atoms with Crippen LogP contribution in [-0.2, 0) is 0 Å². The second kappa shape index (κ2) is 3.27. The summed E-state index contributed by atoms with van der Waals surface area (Å²) in [5.41, 5.74) is 0. The van der Waals surface area contributed by atoms with Gasteiger partial charge in [0.15, 0.2) is 0 Å². The van der Waals surface area contributed by atoms with Crippen molar-refractivity contribution in [1.29, 1.82) is 0 Å². The molecule has 0 amide bonds.